The van der Waals surface area contributed by atoms with Crippen LogP contribution in [0.1, 0.15) is 81.8 Å². The van der Waals surface area contributed by atoms with Crippen LogP contribution in [0.25, 0.3) is 0 Å². The molecule has 0 spiro atoms. The topological polar surface area (TPSA) is 49.4 Å². The van der Waals surface area contributed by atoms with Crippen LogP contribution >= 0.6 is 31.9 Å². The van der Waals surface area contributed by atoms with Gasteiger partial charge in [-0.2, -0.15) is 9.59 Å². The smallest absolute Gasteiger partial charge is 0.307 e. The van der Waals surface area contributed by atoms with Crippen molar-refractivity contribution in [2.75, 3.05) is 6.54 Å². The highest BCUT2D eigenvalue weighted by atomic mass is 79.9. The Hall–Kier alpha value is -1.30. The Morgan fingerprint density at radius 1 is 0.909 bits per heavy atom. The summed E-state index contributed by atoms with van der Waals surface area (Å²) in [5.41, 5.74) is 6.22. The molecule has 2 aromatic carbocycles. The number of hydrogen-bond donors (Lipinski definition) is 1. The summed E-state index contributed by atoms with van der Waals surface area (Å²) in [6.07, 6.45) is 8.11. The summed E-state index contributed by atoms with van der Waals surface area (Å²) in [5, 5.41) is 3.65. The second kappa shape index (κ2) is 12.4. The molecule has 1 N–H and O–H groups in total. The van der Waals surface area contributed by atoms with Crippen LogP contribution in [0.3, 0.4) is 0 Å². The summed E-state index contributed by atoms with van der Waals surface area (Å²) in [6, 6.07) is 16.4. The Kier molecular flexibility index (Phi) is 10.5. The van der Waals surface area contributed by atoms with Crippen LogP contribution in [0.4, 0.5) is 0 Å². The molecule has 0 aromatic heterocycles. The van der Waals surface area contributed by atoms with Crippen molar-refractivity contribution < 1.29 is 9.59 Å². The molecular formula is C27H36Br2N2O2. The second-order valence-corrected chi connectivity index (χ2v) is 10.6. The molecule has 2 fully saturated rings. The van der Waals surface area contributed by atoms with Crippen LogP contribution < -0.4 is 5.32 Å². The first-order valence-electron chi connectivity index (χ1n) is 11.1. The molecule has 33 heavy (non-hydrogen) atoms. The van der Waals surface area contributed by atoms with Crippen molar-refractivity contribution in [2.45, 2.75) is 84.5 Å². The highest BCUT2D eigenvalue weighted by molar-refractivity contribution is 9.10. The van der Waals surface area contributed by atoms with Crippen molar-refractivity contribution in [3.8, 4) is 0 Å². The van der Waals surface area contributed by atoms with E-state index in [-0.39, 0.29) is 21.0 Å². The van der Waals surface area contributed by atoms with E-state index in [2.05, 4.69) is 85.4 Å². The van der Waals surface area contributed by atoms with Crippen molar-refractivity contribution in [1.82, 2.24) is 10.2 Å². The normalized spacial score (nSPS) is 25.4. The Balaban J connectivity index is 0.000000200. The van der Waals surface area contributed by atoms with Crippen LogP contribution in [0.2, 0.25) is 0 Å². The molecule has 4 atom stereocenters. The maximum atomic E-state index is 8.12. The van der Waals surface area contributed by atoms with Crippen molar-refractivity contribution in [3.05, 3.63) is 67.6 Å². The van der Waals surface area contributed by atoms with Crippen molar-refractivity contribution in [2.24, 2.45) is 0 Å². The van der Waals surface area contributed by atoms with Crippen molar-refractivity contribution in [1.29, 1.82) is 0 Å². The van der Waals surface area contributed by atoms with Crippen LogP contribution in [-0.4, -0.2) is 29.7 Å². The van der Waals surface area contributed by atoms with E-state index < -0.39 is 0 Å². The van der Waals surface area contributed by atoms with Gasteiger partial charge in [0.05, 0.1) is 0 Å². The number of likely N-dealkylation sites (N-methyl/N-ethyl adjacent to an activating group) is 1. The highest BCUT2D eigenvalue weighted by Gasteiger charge is 2.38. The predicted octanol–water partition coefficient (Wildman–Crippen LogP) is 7.02. The van der Waals surface area contributed by atoms with Crippen LogP contribution in [-0.2, 0) is 22.4 Å². The van der Waals surface area contributed by atoms with E-state index in [9.17, 15) is 0 Å². The summed E-state index contributed by atoms with van der Waals surface area (Å²) in [5.74, 6) is 0. The Morgan fingerprint density at radius 2 is 1.52 bits per heavy atom. The van der Waals surface area contributed by atoms with Gasteiger partial charge in [0.2, 0.25) is 0 Å². The zero-order chi connectivity index (χ0) is 22.0. The van der Waals surface area contributed by atoms with Gasteiger partial charge in [-0.25, -0.2) is 0 Å². The molecule has 4 aliphatic heterocycles. The molecule has 6 heteroatoms. The molecule has 0 amide bonds. The van der Waals surface area contributed by atoms with Gasteiger partial charge in [-0.1, -0.05) is 65.8 Å². The number of carbonyl (C=O) groups excluding carboxylic acids is 2. The number of nitrogens with one attached hydrogen (secondary N) is 1. The summed E-state index contributed by atoms with van der Waals surface area (Å²) < 4.78 is 2.43. The van der Waals surface area contributed by atoms with Crippen LogP contribution in [0.15, 0.2) is 45.3 Å². The molecular weight excluding hydrogens is 544 g/mol. The van der Waals surface area contributed by atoms with E-state index in [0.717, 1.165) is 12.1 Å². The van der Waals surface area contributed by atoms with Gasteiger partial charge < -0.3 is 5.32 Å². The van der Waals surface area contributed by atoms with Crippen molar-refractivity contribution in [3.63, 3.8) is 0 Å². The Bertz CT molecular complexity index is 975. The molecule has 2 aromatic rings. The van der Waals surface area contributed by atoms with E-state index in [4.69, 9.17) is 9.59 Å². The predicted molar refractivity (Wildman–Crippen MR) is 141 cm³/mol. The molecule has 4 aliphatic rings. The number of fused-ring (bicyclic) bond motifs is 8. The van der Waals surface area contributed by atoms with Gasteiger partial charge in [-0.05, 0) is 91.6 Å². The van der Waals surface area contributed by atoms with Crippen LogP contribution in [0, 0.1) is 0 Å². The minimum atomic E-state index is 0. The average Bonchev–Trinajstić information content (AvgIpc) is 3.30. The summed E-state index contributed by atoms with van der Waals surface area (Å²) in [4.78, 5) is 18.9. The van der Waals surface area contributed by atoms with E-state index in [1.54, 1.807) is 16.7 Å². The average molecular weight is 580 g/mol. The molecule has 0 radical (unpaired) electrons. The first-order chi connectivity index (χ1) is 15.0. The van der Waals surface area contributed by atoms with Gasteiger partial charge in [-0.3, -0.25) is 4.90 Å². The fourth-order valence-corrected chi connectivity index (χ4v) is 6.61. The first-order valence-corrected chi connectivity index (χ1v) is 12.7. The molecule has 4 bridgehead atoms. The number of nitrogens with zero attached hydrogens (tertiary/aromatic N) is 1. The lowest BCUT2D eigenvalue weighted by molar-refractivity contribution is -0.191. The lowest BCUT2D eigenvalue weighted by atomic mass is 9.93. The van der Waals surface area contributed by atoms with Gasteiger partial charge in [0.15, 0.2) is 0 Å². The Morgan fingerprint density at radius 3 is 2.15 bits per heavy atom. The van der Waals surface area contributed by atoms with E-state index in [1.807, 2.05) is 0 Å². The molecule has 180 valence electrons. The highest BCUT2D eigenvalue weighted by Crippen LogP contribution is 2.44. The third-order valence-corrected chi connectivity index (χ3v) is 8.11. The zero-order valence-electron chi connectivity index (χ0n) is 17.7. The number of hydrogen-bond acceptors (Lipinski definition) is 4. The lowest BCUT2D eigenvalue weighted by Crippen LogP contribution is -2.37. The van der Waals surface area contributed by atoms with Gasteiger partial charge >= 0.3 is 6.15 Å². The maximum absolute atomic E-state index is 8.12. The third kappa shape index (κ3) is 6.04. The Labute approximate surface area is 215 Å². The molecule has 2 saturated heterocycles. The minimum Gasteiger partial charge on any atom is -0.307 e. The van der Waals surface area contributed by atoms with E-state index in [1.165, 1.54) is 59.6 Å². The number of rotatable bonds is 1. The number of benzene rings is 2. The lowest BCUT2D eigenvalue weighted by Gasteiger charge is -2.35. The van der Waals surface area contributed by atoms with Gasteiger partial charge in [0.1, 0.15) is 0 Å². The fraction of sp³-hybridized carbons (Fsp3) is 0.519. The SMILES string of the molecule is Brc1ccc2c(c1)C1CCC(C2)N1.C.C.CCN1C2CCC1c1cc(Br)ccc1C2.O=C=O. The van der Waals surface area contributed by atoms with E-state index in [0.29, 0.717) is 12.1 Å². The monoisotopic (exact) mass is 578 g/mol. The van der Waals surface area contributed by atoms with Gasteiger partial charge in [0.25, 0.3) is 0 Å². The third-order valence-electron chi connectivity index (χ3n) is 7.12. The number of halogens is 2. The summed E-state index contributed by atoms with van der Waals surface area (Å²) >= 11 is 7.12. The summed E-state index contributed by atoms with van der Waals surface area (Å²) in [6.45, 7) is 3.48. The molecule has 4 unspecified atom stereocenters. The molecule has 0 saturated carbocycles. The largest absolute Gasteiger partial charge is 0.373 e. The quantitative estimate of drug-likeness (QED) is 0.394. The molecule has 0 aliphatic carbocycles. The first kappa shape index (κ1) is 27.9. The van der Waals surface area contributed by atoms with Crippen molar-refractivity contribution >= 4 is 38.0 Å². The van der Waals surface area contributed by atoms with Crippen LogP contribution in [0.5, 0.6) is 0 Å². The standard InChI is InChI=1S/C13H16BrN.C11H12BrN.CO2.2CH4/c1-2-15-11-5-6-13(15)12-8-10(14)4-3-9(12)7-11;12-8-2-1-7-5-9-3-4-11(13-9)10(7)6-8;2-1-3;;/h3-4,8,11,13H,2,5-7H2,1H3;1-2,6,9,11,13H,3-5H2;;2*1H4. The minimum absolute atomic E-state index is 0. The summed E-state index contributed by atoms with van der Waals surface area (Å²) in [7, 11) is 0. The van der Waals surface area contributed by atoms with E-state index >= 15 is 0 Å². The zero-order valence-corrected chi connectivity index (χ0v) is 20.9. The molecule has 4 nitrogen and oxygen atoms in total. The van der Waals surface area contributed by atoms with Gasteiger partial charge in [-0.15, -0.1) is 0 Å². The maximum Gasteiger partial charge on any atom is 0.373 e. The molecule has 6 rings (SSSR count). The fourth-order valence-electron chi connectivity index (χ4n) is 5.85. The molecule has 4 heterocycles. The van der Waals surface area contributed by atoms with Gasteiger partial charge in [0, 0.05) is 33.1 Å². The second-order valence-electron chi connectivity index (χ2n) is 8.75.